The molecule has 2 aliphatic rings. The van der Waals surface area contributed by atoms with E-state index in [1.54, 1.807) is 0 Å². The number of nitrogens with zero attached hydrogens (tertiary/aromatic N) is 2. The van der Waals surface area contributed by atoms with Crippen molar-refractivity contribution in [1.82, 2.24) is 10.2 Å². The Hall–Kier alpha value is -0.420. The molecule has 1 N–H and O–H groups in total. The summed E-state index contributed by atoms with van der Waals surface area (Å²) in [5, 5.41) is 3.68. The maximum absolute atomic E-state index is 5.33. The molecule has 2 rings (SSSR count). The van der Waals surface area contributed by atoms with Gasteiger partial charge in [0, 0.05) is 50.9 Å². The van der Waals surface area contributed by atoms with E-state index in [1.807, 2.05) is 14.2 Å². The summed E-state index contributed by atoms with van der Waals surface area (Å²) in [6, 6.07) is 0. The monoisotopic (exact) mass is 327 g/mol. The number of methoxy groups -OCH3 is 1. The number of thioether (sulfide) groups is 1. The first kappa shape index (κ1) is 17.9. The molecule has 0 bridgehead atoms. The zero-order valence-corrected chi connectivity index (χ0v) is 15.6. The van der Waals surface area contributed by atoms with Crippen LogP contribution in [0.4, 0.5) is 0 Å². The molecule has 0 unspecified atom stereocenters. The highest BCUT2D eigenvalue weighted by Gasteiger charge is 2.35. The maximum atomic E-state index is 5.33. The number of rotatable bonds is 5. The molecule has 2 fully saturated rings. The molecule has 0 aromatic carbocycles. The zero-order chi connectivity index (χ0) is 16.1. The van der Waals surface area contributed by atoms with E-state index >= 15 is 0 Å². The smallest absolute Gasteiger partial charge is 0.193 e. The maximum Gasteiger partial charge on any atom is 0.193 e. The van der Waals surface area contributed by atoms with Crippen LogP contribution >= 0.6 is 11.8 Å². The average molecular weight is 328 g/mol. The molecule has 0 aromatic rings. The lowest BCUT2D eigenvalue weighted by Crippen LogP contribution is -2.52. The highest BCUT2D eigenvalue weighted by Crippen LogP contribution is 2.40. The Morgan fingerprint density at radius 1 is 1.32 bits per heavy atom. The Bertz CT molecular complexity index is 378. The minimum Gasteiger partial charge on any atom is -0.385 e. The fraction of sp³-hybridized carbons (Fsp3) is 0.941. The number of ether oxygens (including phenoxy) is 1. The van der Waals surface area contributed by atoms with Crippen LogP contribution in [0.25, 0.3) is 0 Å². The molecule has 1 heterocycles. The number of aliphatic imine (C=N–C) groups is 1. The van der Waals surface area contributed by atoms with Gasteiger partial charge in [-0.2, -0.15) is 11.8 Å². The Labute approximate surface area is 140 Å². The second-order valence-electron chi connectivity index (χ2n) is 7.38. The molecule has 4 nitrogen and oxygen atoms in total. The average Bonchev–Trinajstić information content (AvgIpc) is 2.94. The molecule has 0 atom stereocenters. The molecular weight excluding hydrogens is 294 g/mol. The third-order valence-corrected chi connectivity index (χ3v) is 6.36. The third kappa shape index (κ3) is 4.79. The number of hydrogen-bond acceptors (Lipinski definition) is 3. The van der Waals surface area contributed by atoms with Crippen molar-refractivity contribution in [3.63, 3.8) is 0 Å². The van der Waals surface area contributed by atoms with Crippen LogP contribution < -0.4 is 5.32 Å². The second-order valence-corrected chi connectivity index (χ2v) is 9.18. The van der Waals surface area contributed by atoms with Gasteiger partial charge >= 0.3 is 0 Å². The van der Waals surface area contributed by atoms with Crippen LogP contribution in [0.15, 0.2) is 4.99 Å². The fourth-order valence-corrected chi connectivity index (χ4v) is 4.87. The molecule has 1 aliphatic heterocycles. The first-order valence-electron chi connectivity index (χ1n) is 8.59. The standard InChI is InChI=1S/C17H33N3OS/c1-16(2)14-20(10-12-22-16)15(18-3)19-13-17(9-11-21-4)7-5-6-8-17/h5-14H2,1-4H3,(H,18,19). The first-order chi connectivity index (χ1) is 10.5. The van der Waals surface area contributed by atoms with Gasteiger partial charge in [-0.1, -0.05) is 12.8 Å². The summed E-state index contributed by atoms with van der Waals surface area (Å²) >= 11 is 2.06. The Balaban J connectivity index is 1.92. The van der Waals surface area contributed by atoms with Crippen molar-refractivity contribution >= 4 is 17.7 Å². The molecule has 5 heteroatoms. The largest absolute Gasteiger partial charge is 0.385 e. The van der Waals surface area contributed by atoms with Crippen LogP contribution in [0, 0.1) is 5.41 Å². The Morgan fingerprint density at radius 3 is 2.64 bits per heavy atom. The summed E-state index contributed by atoms with van der Waals surface area (Å²) in [4.78, 5) is 6.97. The summed E-state index contributed by atoms with van der Waals surface area (Å²) in [6.07, 6.45) is 6.52. The van der Waals surface area contributed by atoms with Crippen molar-refractivity contribution in [2.45, 2.75) is 50.7 Å². The molecule has 0 radical (unpaired) electrons. The highest BCUT2D eigenvalue weighted by atomic mass is 32.2. The van der Waals surface area contributed by atoms with Crippen LogP contribution in [0.5, 0.6) is 0 Å². The van der Waals surface area contributed by atoms with E-state index in [0.29, 0.717) is 10.2 Å². The van der Waals surface area contributed by atoms with E-state index in [9.17, 15) is 0 Å². The Kier molecular flexibility index (Phi) is 6.45. The van der Waals surface area contributed by atoms with E-state index in [1.165, 1.54) is 31.4 Å². The predicted octanol–water partition coefficient (Wildman–Crippen LogP) is 2.99. The van der Waals surface area contributed by atoms with E-state index in [0.717, 1.165) is 38.6 Å². The predicted molar refractivity (Wildman–Crippen MR) is 96.9 cm³/mol. The van der Waals surface area contributed by atoms with Crippen molar-refractivity contribution in [3.8, 4) is 0 Å². The first-order valence-corrected chi connectivity index (χ1v) is 9.57. The van der Waals surface area contributed by atoms with E-state index < -0.39 is 0 Å². The van der Waals surface area contributed by atoms with Crippen LogP contribution in [0.1, 0.15) is 46.0 Å². The summed E-state index contributed by atoms with van der Waals surface area (Å²) < 4.78 is 5.65. The van der Waals surface area contributed by atoms with Crippen LogP contribution in [-0.4, -0.2) is 61.8 Å². The third-order valence-electron chi connectivity index (χ3n) is 5.06. The highest BCUT2D eigenvalue weighted by molar-refractivity contribution is 8.00. The molecule has 1 saturated heterocycles. The van der Waals surface area contributed by atoms with Gasteiger partial charge < -0.3 is 15.0 Å². The summed E-state index contributed by atoms with van der Waals surface area (Å²) in [5.41, 5.74) is 0.409. The van der Waals surface area contributed by atoms with Gasteiger partial charge in [-0.3, -0.25) is 4.99 Å². The molecule has 0 spiro atoms. The number of hydrogen-bond donors (Lipinski definition) is 1. The fourth-order valence-electron chi connectivity index (χ4n) is 3.75. The number of nitrogens with one attached hydrogen (secondary N) is 1. The van der Waals surface area contributed by atoms with Gasteiger partial charge in [-0.05, 0) is 38.5 Å². The molecule has 0 aromatic heterocycles. The lowest BCUT2D eigenvalue weighted by Gasteiger charge is -2.40. The van der Waals surface area contributed by atoms with Gasteiger partial charge in [-0.25, -0.2) is 0 Å². The van der Waals surface area contributed by atoms with Gasteiger partial charge in [0.05, 0.1) is 0 Å². The van der Waals surface area contributed by atoms with Gasteiger partial charge in [0.15, 0.2) is 5.96 Å². The molecule has 22 heavy (non-hydrogen) atoms. The molecule has 128 valence electrons. The minimum atomic E-state index is 0.316. The van der Waals surface area contributed by atoms with Crippen LogP contribution in [0.3, 0.4) is 0 Å². The van der Waals surface area contributed by atoms with Crippen molar-refractivity contribution in [2.24, 2.45) is 10.4 Å². The van der Waals surface area contributed by atoms with Gasteiger partial charge in [0.2, 0.25) is 0 Å². The van der Waals surface area contributed by atoms with Crippen LogP contribution in [-0.2, 0) is 4.74 Å². The van der Waals surface area contributed by atoms with Crippen molar-refractivity contribution in [3.05, 3.63) is 0 Å². The lowest BCUT2D eigenvalue weighted by molar-refractivity contribution is 0.137. The quantitative estimate of drug-likeness (QED) is 0.622. The lowest BCUT2D eigenvalue weighted by atomic mass is 9.83. The van der Waals surface area contributed by atoms with Crippen LogP contribution in [0.2, 0.25) is 0 Å². The molecular formula is C17H33N3OS. The summed E-state index contributed by atoms with van der Waals surface area (Å²) in [5.74, 6) is 2.26. The number of guanidine groups is 1. The van der Waals surface area contributed by atoms with Gasteiger partial charge in [0.25, 0.3) is 0 Å². The van der Waals surface area contributed by atoms with Gasteiger partial charge in [0.1, 0.15) is 0 Å². The summed E-state index contributed by atoms with van der Waals surface area (Å²) in [7, 11) is 3.72. The Morgan fingerprint density at radius 2 is 2.05 bits per heavy atom. The normalized spacial score (nSPS) is 24.5. The van der Waals surface area contributed by atoms with E-state index in [2.05, 4.69) is 40.8 Å². The second kappa shape index (κ2) is 7.91. The molecule has 0 amide bonds. The van der Waals surface area contributed by atoms with E-state index in [-0.39, 0.29) is 0 Å². The van der Waals surface area contributed by atoms with Crippen molar-refractivity contribution < 1.29 is 4.74 Å². The zero-order valence-electron chi connectivity index (χ0n) is 14.8. The van der Waals surface area contributed by atoms with E-state index in [4.69, 9.17) is 4.74 Å². The molecule has 1 aliphatic carbocycles. The van der Waals surface area contributed by atoms with Crippen molar-refractivity contribution in [1.29, 1.82) is 0 Å². The van der Waals surface area contributed by atoms with Gasteiger partial charge in [-0.15, -0.1) is 0 Å². The minimum absolute atomic E-state index is 0.316. The SMILES string of the molecule is CN=C(NCC1(CCOC)CCCC1)N1CCSC(C)(C)C1. The van der Waals surface area contributed by atoms with Crippen molar-refractivity contribution in [2.75, 3.05) is 46.2 Å². The topological polar surface area (TPSA) is 36.9 Å². The molecule has 1 saturated carbocycles. The summed E-state index contributed by atoms with van der Waals surface area (Å²) in [6.45, 7) is 8.73.